The fourth-order valence-corrected chi connectivity index (χ4v) is 1.19. The summed E-state index contributed by atoms with van der Waals surface area (Å²) in [7, 11) is 1.88. The Kier molecular flexibility index (Phi) is 1.44. The summed E-state index contributed by atoms with van der Waals surface area (Å²) >= 11 is 1.21. The minimum absolute atomic E-state index is 0.0417. The number of rotatable bonds is 0. The van der Waals surface area contributed by atoms with Gasteiger partial charge >= 0.3 is 0 Å². The lowest BCUT2D eigenvalue weighted by Gasteiger charge is -2.08. The monoisotopic (exact) mass is 132 g/mol. The van der Waals surface area contributed by atoms with E-state index in [-0.39, 0.29) is 11.4 Å². The van der Waals surface area contributed by atoms with Gasteiger partial charge in [0.15, 0.2) is 0 Å². The Morgan fingerprint density at radius 3 is 2.62 bits per heavy atom. The second-order valence-electron chi connectivity index (χ2n) is 1.75. The molecule has 1 N–H and O–H groups in total. The zero-order valence-electron chi connectivity index (χ0n) is 4.84. The molecule has 0 spiro atoms. The summed E-state index contributed by atoms with van der Waals surface area (Å²) in [5, 5.41) is 2.76. The molecule has 1 saturated heterocycles. The summed E-state index contributed by atoms with van der Waals surface area (Å²) in [6.07, 6.45) is 0.187. The quantitative estimate of drug-likeness (QED) is 0.491. The predicted octanol–water partition coefficient (Wildman–Crippen LogP) is 0.636. The van der Waals surface area contributed by atoms with Crippen LogP contribution in [0.4, 0.5) is 4.79 Å². The molecule has 0 aromatic rings. The van der Waals surface area contributed by atoms with Gasteiger partial charge in [0.1, 0.15) is 0 Å². The molecule has 1 rings (SSSR count). The van der Waals surface area contributed by atoms with Crippen LogP contribution in [0.2, 0.25) is 0 Å². The number of hydrogen-bond donors (Lipinski definition) is 1. The van der Waals surface area contributed by atoms with E-state index < -0.39 is 0 Å². The van der Waals surface area contributed by atoms with E-state index >= 15 is 0 Å². The fraction of sp³-hybridized carbons (Fsp3) is 0.750. The molecule has 0 aromatic heterocycles. The molecule has 1 fully saturated rings. The molecule has 8 heavy (non-hydrogen) atoms. The summed E-state index contributed by atoms with van der Waals surface area (Å²) in [5.41, 5.74) is 0. The molecule has 1 amide bonds. The van der Waals surface area contributed by atoms with Crippen molar-refractivity contribution in [3.05, 3.63) is 0 Å². The van der Waals surface area contributed by atoms with E-state index in [1.807, 2.05) is 18.3 Å². The van der Waals surface area contributed by atoms with Gasteiger partial charge in [0.2, 0.25) is 0 Å². The number of nitrogens with one attached hydrogen (secondary N) is 1. The lowest BCUT2D eigenvalue weighted by molar-refractivity contribution is 0.258. The number of carbonyl (C=O) groups excluding carboxylic acids is 1. The van der Waals surface area contributed by atoms with E-state index in [1.54, 1.807) is 0 Å². The van der Waals surface area contributed by atoms with Gasteiger partial charge in [-0.1, -0.05) is 0 Å². The third-order valence-electron chi connectivity index (χ3n) is 1.10. The van der Waals surface area contributed by atoms with Gasteiger partial charge in [-0.15, -0.1) is 0 Å². The first-order valence-corrected chi connectivity index (χ1v) is 3.19. The van der Waals surface area contributed by atoms with Crippen LogP contribution in [0.5, 0.6) is 0 Å². The Labute approximate surface area is 52.6 Å². The van der Waals surface area contributed by atoms with E-state index in [9.17, 15) is 4.79 Å². The number of amides is 1. The molecule has 46 valence electrons. The first-order chi connectivity index (χ1) is 3.70. The highest BCUT2D eigenvalue weighted by molar-refractivity contribution is 8.11. The summed E-state index contributed by atoms with van der Waals surface area (Å²) in [6, 6.07) is 0. The molecule has 4 heteroatoms. The molecule has 1 heterocycles. The molecule has 1 aliphatic heterocycles. The molecule has 0 aliphatic carbocycles. The maximum absolute atomic E-state index is 10.5. The van der Waals surface area contributed by atoms with Crippen molar-refractivity contribution in [1.29, 1.82) is 0 Å². The lowest BCUT2D eigenvalue weighted by atomic mass is 10.6. The van der Waals surface area contributed by atoms with Crippen LogP contribution in [-0.4, -0.2) is 22.8 Å². The largest absolute Gasteiger partial charge is 0.330 e. The van der Waals surface area contributed by atoms with Crippen LogP contribution in [0.1, 0.15) is 6.92 Å². The van der Waals surface area contributed by atoms with Gasteiger partial charge in [0, 0.05) is 19.0 Å². The minimum Gasteiger partial charge on any atom is -0.330 e. The van der Waals surface area contributed by atoms with E-state index in [1.165, 1.54) is 11.9 Å². The smallest absolute Gasteiger partial charge is 0.295 e. The van der Waals surface area contributed by atoms with E-state index in [0.29, 0.717) is 0 Å². The topological polar surface area (TPSA) is 32.3 Å². The SMILES string of the molecule is CC1NC(=O)SN1C. The van der Waals surface area contributed by atoms with Crippen LogP contribution in [0.3, 0.4) is 0 Å². The van der Waals surface area contributed by atoms with Gasteiger partial charge in [0.25, 0.3) is 5.24 Å². The highest BCUT2D eigenvalue weighted by atomic mass is 32.2. The molecule has 0 bridgehead atoms. The van der Waals surface area contributed by atoms with Crippen molar-refractivity contribution in [2.45, 2.75) is 13.1 Å². The van der Waals surface area contributed by atoms with Crippen LogP contribution in [0, 0.1) is 0 Å². The molecule has 3 nitrogen and oxygen atoms in total. The van der Waals surface area contributed by atoms with Crippen molar-refractivity contribution in [3.8, 4) is 0 Å². The Balaban J connectivity index is 2.51. The molecule has 1 atom stereocenters. The number of hydrogen-bond acceptors (Lipinski definition) is 3. The minimum atomic E-state index is 0.0417. The Morgan fingerprint density at radius 2 is 2.50 bits per heavy atom. The first-order valence-electron chi connectivity index (χ1n) is 2.41. The normalized spacial score (nSPS) is 30.8. The van der Waals surface area contributed by atoms with Gasteiger partial charge in [-0.05, 0) is 6.92 Å². The van der Waals surface area contributed by atoms with Crippen molar-refractivity contribution < 1.29 is 4.79 Å². The van der Waals surface area contributed by atoms with Crippen molar-refractivity contribution in [2.24, 2.45) is 0 Å². The maximum Gasteiger partial charge on any atom is 0.295 e. The van der Waals surface area contributed by atoms with Gasteiger partial charge < -0.3 is 5.32 Å². The summed E-state index contributed by atoms with van der Waals surface area (Å²) in [4.78, 5) is 10.5. The van der Waals surface area contributed by atoms with Crippen LogP contribution < -0.4 is 5.32 Å². The highest BCUT2D eigenvalue weighted by Crippen LogP contribution is 2.17. The first kappa shape index (κ1) is 5.91. The Hall–Kier alpha value is -0.220. The third kappa shape index (κ3) is 0.952. The van der Waals surface area contributed by atoms with E-state index in [4.69, 9.17) is 0 Å². The zero-order chi connectivity index (χ0) is 6.15. The van der Waals surface area contributed by atoms with E-state index in [2.05, 4.69) is 5.32 Å². The second kappa shape index (κ2) is 1.95. The molecular formula is C4H8N2OS. The maximum atomic E-state index is 10.5. The highest BCUT2D eigenvalue weighted by Gasteiger charge is 2.22. The standard InChI is InChI=1S/C4H8N2OS/c1-3-5-4(7)8-6(3)2/h3H,1-2H3,(H,5,7). The van der Waals surface area contributed by atoms with Crippen LogP contribution in [-0.2, 0) is 0 Å². The van der Waals surface area contributed by atoms with Crippen molar-refractivity contribution in [1.82, 2.24) is 9.62 Å². The van der Waals surface area contributed by atoms with Gasteiger partial charge in [-0.2, -0.15) is 0 Å². The van der Waals surface area contributed by atoms with Crippen molar-refractivity contribution in [2.75, 3.05) is 7.05 Å². The average Bonchev–Trinajstić information content (AvgIpc) is 1.85. The van der Waals surface area contributed by atoms with Gasteiger partial charge in [-0.25, -0.2) is 4.31 Å². The predicted molar refractivity (Wildman–Crippen MR) is 33.3 cm³/mol. The molecule has 1 aliphatic rings. The number of nitrogens with zero attached hydrogens (tertiary/aromatic N) is 1. The molecular weight excluding hydrogens is 124 g/mol. The lowest BCUT2D eigenvalue weighted by Crippen LogP contribution is -2.28. The van der Waals surface area contributed by atoms with E-state index in [0.717, 1.165) is 0 Å². The summed E-state index contributed by atoms with van der Waals surface area (Å²) in [5.74, 6) is 0. The fourth-order valence-electron chi connectivity index (χ4n) is 0.498. The third-order valence-corrected chi connectivity index (χ3v) is 1.99. The summed E-state index contributed by atoms with van der Waals surface area (Å²) in [6.45, 7) is 1.94. The molecule has 0 aromatic carbocycles. The van der Waals surface area contributed by atoms with Crippen molar-refractivity contribution >= 4 is 17.2 Å². The van der Waals surface area contributed by atoms with Gasteiger partial charge in [0.05, 0.1) is 6.17 Å². The Morgan fingerprint density at radius 1 is 1.88 bits per heavy atom. The van der Waals surface area contributed by atoms with Crippen molar-refractivity contribution in [3.63, 3.8) is 0 Å². The zero-order valence-corrected chi connectivity index (χ0v) is 5.66. The van der Waals surface area contributed by atoms with Crippen LogP contribution >= 0.6 is 11.9 Å². The van der Waals surface area contributed by atoms with Crippen LogP contribution in [0.15, 0.2) is 0 Å². The average molecular weight is 132 g/mol. The van der Waals surface area contributed by atoms with Gasteiger partial charge in [-0.3, -0.25) is 4.79 Å². The molecule has 0 saturated carbocycles. The molecule has 1 unspecified atom stereocenters. The number of carbonyl (C=O) groups is 1. The Bertz CT molecular complexity index is 105. The second-order valence-corrected chi connectivity index (χ2v) is 2.87. The molecule has 0 radical (unpaired) electrons. The summed E-state index contributed by atoms with van der Waals surface area (Å²) < 4.78 is 1.88. The van der Waals surface area contributed by atoms with Crippen LogP contribution in [0.25, 0.3) is 0 Å².